The Morgan fingerprint density at radius 3 is 2.29 bits per heavy atom. The van der Waals surface area contributed by atoms with Crippen molar-refractivity contribution in [2.45, 2.75) is 32.6 Å². The van der Waals surface area contributed by atoms with Gasteiger partial charge in [0.15, 0.2) is 0 Å². The monoisotopic (exact) mass is 458 g/mol. The zero-order valence-corrected chi connectivity index (χ0v) is 19.5. The fourth-order valence-corrected chi connectivity index (χ4v) is 4.37. The molecule has 3 aromatic rings. The van der Waals surface area contributed by atoms with E-state index in [-0.39, 0.29) is 23.7 Å². The molecule has 1 aromatic heterocycles. The van der Waals surface area contributed by atoms with Crippen molar-refractivity contribution in [2.75, 3.05) is 23.5 Å². The highest BCUT2D eigenvalue weighted by Gasteiger charge is 2.30. The summed E-state index contributed by atoms with van der Waals surface area (Å²) >= 11 is 0. The van der Waals surface area contributed by atoms with Gasteiger partial charge in [-0.3, -0.25) is 9.59 Å². The molecule has 0 aliphatic heterocycles. The van der Waals surface area contributed by atoms with Crippen molar-refractivity contribution in [2.24, 2.45) is 11.8 Å². The van der Waals surface area contributed by atoms with Crippen LogP contribution in [0.4, 0.5) is 22.9 Å². The lowest BCUT2D eigenvalue weighted by molar-refractivity contribution is -0.147. The second-order valence-corrected chi connectivity index (χ2v) is 8.68. The highest BCUT2D eigenvalue weighted by atomic mass is 16.5. The van der Waals surface area contributed by atoms with Gasteiger partial charge in [0.1, 0.15) is 5.82 Å². The van der Waals surface area contributed by atoms with E-state index in [1.165, 1.54) is 7.11 Å². The number of benzene rings is 2. The highest BCUT2D eigenvalue weighted by molar-refractivity contribution is 5.92. The number of rotatable bonds is 6. The Morgan fingerprint density at radius 1 is 0.912 bits per heavy atom. The van der Waals surface area contributed by atoms with Crippen LogP contribution in [0.5, 0.6) is 0 Å². The van der Waals surface area contributed by atoms with Crippen LogP contribution in [0, 0.1) is 18.8 Å². The molecule has 2 aromatic carbocycles. The lowest BCUT2D eigenvalue weighted by Gasteiger charge is -2.26. The maximum absolute atomic E-state index is 12.7. The van der Waals surface area contributed by atoms with Crippen LogP contribution in [-0.2, 0) is 14.3 Å². The molecule has 0 radical (unpaired) electrons. The fourth-order valence-electron chi connectivity index (χ4n) is 4.37. The van der Waals surface area contributed by atoms with Crippen LogP contribution >= 0.6 is 0 Å². The van der Waals surface area contributed by atoms with E-state index in [2.05, 4.69) is 27.8 Å². The number of hydrogen-bond acceptors (Lipinski definition) is 6. The van der Waals surface area contributed by atoms with E-state index in [0.717, 1.165) is 28.2 Å². The molecule has 1 aliphatic carbocycles. The van der Waals surface area contributed by atoms with Gasteiger partial charge < -0.3 is 21.1 Å². The number of anilines is 4. The number of pyridine rings is 1. The maximum Gasteiger partial charge on any atom is 0.308 e. The Balaban J connectivity index is 1.41. The van der Waals surface area contributed by atoms with Gasteiger partial charge in [-0.15, -0.1) is 0 Å². The summed E-state index contributed by atoms with van der Waals surface area (Å²) in [6, 6.07) is 19.7. The van der Waals surface area contributed by atoms with E-state index in [1.807, 2.05) is 49.4 Å². The first kappa shape index (κ1) is 23.3. The molecule has 1 saturated carbocycles. The lowest BCUT2D eigenvalue weighted by atomic mass is 9.81. The Hall–Kier alpha value is -3.87. The molecule has 176 valence electrons. The summed E-state index contributed by atoms with van der Waals surface area (Å²) in [6.45, 7) is 1.89. The number of nitrogens with two attached hydrogens (primary N) is 1. The van der Waals surface area contributed by atoms with E-state index in [4.69, 9.17) is 10.5 Å². The fraction of sp³-hybridized carbons (Fsp3) is 0.296. The maximum atomic E-state index is 12.7. The van der Waals surface area contributed by atoms with Gasteiger partial charge in [-0.05, 0) is 68.0 Å². The van der Waals surface area contributed by atoms with E-state index in [9.17, 15) is 9.59 Å². The Labute approximate surface area is 199 Å². The largest absolute Gasteiger partial charge is 0.469 e. The molecule has 0 spiro atoms. The van der Waals surface area contributed by atoms with Crippen LogP contribution in [0.25, 0.3) is 11.1 Å². The smallest absolute Gasteiger partial charge is 0.308 e. The van der Waals surface area contributed by atoms with Crippen LogP contribution < -0.4 is 16.4 Å². The van der Waals surface area contributed by atoms with Crippen molar-refractivity contribution in [1.29, 1.82) is 0 Å². The van der Waals surface area contributed by atoms with Crippen LogP contribution in [0.1, 0.15) is 31.4 Å². The minimum atomic E-state index is -0.186. The quantitative estimate of drug-likeness (QED) is 0.342. The van der Waals surface area contributed by atoms with Crippen molar-refractivity contribution in [3.63, 3.8) is 0 Å². The summed E-state index contributed by atoms with van der Waals surface area (Å²) in [4.78, 5) is 29.0. The van der Waals surface area contributed by atoms with Gasteiger partial charge >= 0.3 is 5.97 Å². The third kappa shape index (κ3) is 5.36. The molecule has 0 bridgehead atoms. The summed E-state index contributed by atoms with van der Waals surface area (Å²) in [5.74, 6) is 0.0352. The van der Waals surface area contributed by atoms with Crippen molar-refractivity contribution >= 4 is 34.8 Å². The van der Waals surface area contributed by atoms with Gasteiger partial charge in [0.2, 0.25) is 5.91 Å². The number of carbonyl (C=O) groups excluding carboxylic acids is 2. The van der Waals surface area contributed by atoms with Gasteiger partial charge in [-0.2, -0.15) is 0 Å². The SMILES string of the molecule is COC(=O)C1CCC(C(=O)Nc2ccc(Nc3cc(-c4ccccc4)ccc3N)c(C)n2)CC1. The molecule has 0 atom stereocenters. The van der Waals surface area contributed by atoms with E-state index < -0.39 is 0 Å². The van der Waals surface area contributed by atoms with Crippen LogP contribution in [0.15, 0.2) is 60.7 Å². The molecule has 4 N–H and O–H groups in total. The first-order valence-corrected chi connectivity index (χ1v) is 11.5. The zero-order valence-electron chi connectivity index (χ0n) is 19.5. The van der Waals surface area contributed by atoms with E-state index >= 15 is 0 Å². The third-order valence-corrected chi connectivity index (χ3v) is 6.40. The summed E-state index contributed by atoms with van der Waals surface area (Å²) in [5.41, 5.74) is 11.4. The topological polar surface area (TPSA) is 106 Å². The molecule has 7 heteroatoms. The molecule has 1 amide bonds. The molecule has 4 rings (SSSR count). The molecule has 0 saturated heterocycles. The number of aryl methyl sites for hydroxylation is 1. The summed E-state index contributed by atoms with van der Waals surface area (Å²) in [5, 5.41) is 6.30. The Morgan fingerprint density at radius 2 is 1.62 bits per heavy atom. The number of esters is 1. The van der Waals surface area contributed by atoms with Crippen LogP contribution in [0.2, 0.25) is 0 Å². The summed E-state index contributed by atoms with van der Waals surface area (Å²) in [6.07, 6.45) is 2.68. The van der Waals surface area contributed by atoms with E-state index in [0.29, 0.717) is 37.2 Å². The number of nitrogens with zero attached hydrogens (tertiary/aromatic N) is 1. The number of ether oxygens (including phenoxy) is 1. The first-order valence-electron chi connectivity index (χ1n) is 11.5. The zero-order chi connectivity index (χ0) is 24.1. The number of methoxy groups -OCH3 is 1. The van der Waals surface area contributed by atoms with Gasteiger partial charge in [0.25, 0.3) is 0 Å². The predicted octanol–water partition coefficient (Wildman–Crippen LogP) is 5.30. The molecule has 1 heterocycles. The van der Waals surface area contributed by atoms with Gasteiger partial charge in [0, 0.05) is 5.92 Å². The van der Waals surface area contributed by atoms with Crippen LogP contribution in [0.3, 0.4) is 0 Å². The van der Waals surface area contributed by atoms with Crippen molar-refractivity contribution in [3.05, 3.63) is 66.4 Å². The Kier molecular flexibility index (Phi) is 7.11. The standard InChI is InChI=1S/C27H30N4O3/c1-17-23(30-24-16-21(12-13-22(24)28)18-6-4-3-5-7-18)14-15-25(29-17)31-26(32)19-8-10-20(11-9-19)27(33)34-2/h3-7,12-16,19-20,30H,8-11,28H2,1-2H3,(H,29,31,32). The highest BCUT2D eigenvalue weighted by Crippen LogP contribution is 2.32. The van der Waals surface area contributed by atoms with Crippen molar-refractivity contribution < 1.29 is 14.3 Å². The molecule has 7 nitrogen and oxygen atoms in total. The average Bonchev–Trinajstić information content (AvgIpc) is 2.87. The predicted molar refractivity (Wildman–Crippen MR) is 135 cm³/mol. The lowest BCUT2D eigenvalue weighted by Crippen LogP contribution is -2.30. The second kappa shape index (κ2) is 10.4. The van der Waals surface area contributed by atoms with Gasteiger partial charge in [-0.25, -0.2) is 4.98 Å². The third-order valence-electron chi connectivity index (χ3n) is 6.40. The van der Waals surface area contributed by atoms with Gasteiger partial charge in [0.05, 0.1) is 35.8 Å². The second-order valence-electron chi connectivity index (χ2n) is 8.68. The molecule has 1 aliphatic rings. The number of aromatic nitrogens is 1. The minimum Gasteiger partial charge on any atom is -0.469 e. The van der Waals surface area contributed by atoms with Crippen LogP contribution in [-0.4, -0.2) is 24.0 Å². The Bertz CT molecular complexity index is 1170. The number of hydrogen-bond donors (Lipinski definition) is 3. The first-order chi connectivity index (χ1) is 16.4. The number of carbonyl (C=O) groups is 2. The normalized spacial score (nSPS) is 17.6. The average molecular weight is 459 g/mol. The van der Waals surface area contributed by atoms with E-state index in [1.54, 1.807) is 6.07 Å². The molecule has 34 heavy (non-hydrogen) atoms. The van der Waals surface area contributed by atoms with Crippen molar-refractivity contribution in [1.82, 2.24) is 4.98 Å². The molecular weight excluding hydrogens is 428 g/mol. The minimum absolute atomic E-state index is 0.0595. The molecular formula is C27H30N4O3. The summed E-state index contributed by atoms with van der Waals surface area (Å²) < 4.78 is 4.82. The van der Waals surface area contributed by atoms with Gasteiger partial charge in [-0.1, -0.05) is 36.4 Å². The molecule has 1 fully saturated rings. The number of nitrogen functional groups attached to an aromatic ring is 1. The summed E-state index contributed by atoms with van der Waals surface area (Å²) in [7, 11) is 1.40. The van der Waals surface area contributed by atoms with Crippen molar-refractivity contribution in [3.8, 4) is 11.1 Å². The number of nitrogens with one attached hydrogen (secondary N) is 2. The number of amides is 1. The molecule has 0 unspecified atom stereocenters.